The number of hydrogen-bond donors (Lipinski definition) is 1. The molecule has 1 aromatic rings. The normalized spacial score (nSPS) is 26.9. The summed E-state index contributed by atoms with van der Waals surface area (Å²) in [5.41, 5.74) is 8.88. The minimum atomic E-state index is 0.121. The van der Waals surface area contributed by atoms with Crippen molar-refractivity contribution < 1.29 is 4.74 Å². The molecule has 1 fully saturated rings. The number of ether oxygens (including phenoxy) is 1. The zero-order chi connectivity index (χ0) is 11.5. The molecule has 1 aromatic carbocycles. The molecule has 88 valence electrons. The van der Waals surface area contributed by atoms with Gasteiger partial charge in [0, 0.05) is 12.0 Å². The van der Waals surface area contributed by atoms with Crippen molar-refractivity contribution in [3.63, 3.8) is 0 Å². The van der Waals surface area contributed by atoms with Crippen LogP contribution in [0.4, 0.5) is 0 Å². The Hall–Kier alpha value is -0.860. The molecule has 0 bridgehead atoms. The van der Waals surface area contributed by atoms with Crippen molar-refractivity contribution in [3.8, 4) is 0 Å². The Kier molecular flexibility index (Phi) is 3.62. The van der Waals surface area contributed by atoms with E-state index in [0.717, 1.165) is 19.4 Å². The largest absolute Gasteiger partial charge is 0.378 e. The predicted octanol–water partition coefficient (Wildman–Crippen LogP) is 2.67. The topological polar surface area (TPSA) is 35.2 Å². The van der Waals surface area contributed by atoms with Crippen LogP contribution in [0, 0.1) is 5.92 Å². The highest BCUT2D eigenvalue weighted by Crippen LogP contribution is 2.29. The molecule has 0 spiro atoms. The fraction of sp³-hybridized carbons (Fsp3) is 0.571. The van der Waals surface area contributed by atoms with Crippen LogP contribution in [0.5, 0.6) is 0 Å². The second-order valence-electron chi connectivity index (χ2n) is 4.76. The van der Waals surface area contributed by atoms with E-state index in [-0.39, 0.29) is 6.04 Å². The average Bonchev–Trinajstić information content (AvgIpc) is 2.75. The summed E-state index contributed by atoms with van der Waals surface area (Å²) >= 11 is 0. The number of aryl methyl sites for hydroxylation is 1. The van der Waals surface area contributed by atoms with E-state index in [4.69, 9.17) is 10.5 Å². The van der Waals surface area contributed by atoms with Gasteiger partial charge in [0.2, 0.25) is 0 Å². The van der Waals surface area contributed by atoms with Gasteiger partial charge in [0.15, 0.2) is 0 Å². The molecule has 2 nitrogen and oxygen atoms in total. The number of rotatable bonds is 3. The van der Waals surface area contributed by atoms with E-state index < -0.39 is 0 Å². The third-order valence-electron chi connectivity index (χ3n) is 3.51. The summed E-state index contributed by atoms with van der Waals surface area (Å²) in [7, 11) is 0. The van der Waals surface area contributed by atoms with Gasteiger partial charge < -0.3 is 10.5 Å². The van der Waals surface area contributed by atoms with Gasteiger partial charge in [0.05, 0.1) is 12.7 Å². The zero-order valence-electron chi connectivity index (χ0n) is 10.1. The maximum Gasteiger partial charge on any atom is 0.0551 e. The van der Waals surface area contributed by atoms with Crippen LogP contribution in [0.3, 0.4) is 0 Å². The summed E-state index contributed by atoms with van der Waals surface area (Å²) in [6, 6.07) is 8.79. The van der Waals surface area contributed by atoms with Gasteiger partial charge in [-0.1, -0.05) is 31.2 Å². The van der Waals surface area contributed by atoms with Crippen LogP contribution in [0.1, 0.15) is 37.4 Å². The minimum absolute atomic E-state index is 0.121. The molecule has 0 radical (unpaired) electrons. The summed E-state index contributed by atoms with van der Waals surface area (Å²) in [4.78, 5) is 0. The smallest absolute Gasteiger partial charge is 0.0551 e. The molecule has 2 rings (SSSR count). The quantitative estimate of drug-likeness (QED) is 0.848. The highest BCUT2D eigenvalue weighted by atomic mass is 16.5. The Labute approximate surface area is 97.8 Å². The molecule has 16 heavy (non-hydrogen) atoms. The Bertz CT molecular complexity index is 333. The van der Waals surface area contributed by atoms with Gasteiger partial charge in [-0.3, -0.25) is 0 Å². The third-order valence-corrected chi connectivity index (χ3v) is 3.51. The lowest BCUT2D eigenvalue weighted by Crippen LogP contribution is -2.21. The van der Waals surface area contributed by atoms with Crippen molar-refractivity contribution in [2.45, 2.75) is 38.8 Å². The fourth-order valence-electron chi connectivity index (χ4n) is 2.35. The summed E-state index contributed by atoms with van der Waals surface area (Å²) in [5, 5.41) is 0. The monoisotopic (exact) mass is 219 g/mol. The van der Waals surface area contributed by atoms with Gasteiger partial charge in [0.1, 0.15) is 0 Å². The maximum atomic E-state index is 6.27. The van der Waals surface area contributed by atoms with E-state index in [9.17, 15) is 0 Å². The van der Waals surface area contributed by atoms with Gasteiger partial charge in [-0.05, 0) is 30.9 Å². The van der Waals surface area contributed by atoms with Crippen molar-refractivity contribution >= 4 is 0 Å². The summed E-state index contributed by atoms with van der Waals surface area (Å²) in [5.74, 6) is 0.475. The molecule has 3 unspecified atom stereocenters. The van der Waals surface area contributed by atoms with Crippen LogP contribution in [0.2, 0.25) is 0 Å². The van der Waals surface area contributed by atoms with Crippen LogP contribution in [-0.4, -0.2) is 12.7 Å². The molecule has 0 saturated carbocycles. The number of nitrogens with two attached hydrogens (primary N) is 1. The minimum Gasteiger partial charge on any atom is -0.378 e. The molecule has 1 aliphatic rings. The van der Waals surface area contributed by atoms with Gasteiger partial charge in [-0.25, -0.2) is 0 Å². The molecule has 3 atom stereocenters. The van der Waals surface area contributed by atoms with Crippen LogP contribution in [0.25, 0.3) is 0 Å². The van der Waals surface area contributed by atoms with Crippen LogP contribution in [-0.2, 0) is 11.2 Å². The van der Waals surface area contributed by atoms with Crippen molar-refractivity contribution in [1.82, 2.24) is 0 Å². The first-order valence-electron chi connectivity index (χ1n) is 6.16. The lowest BCUT2D eigenvalue weighted by molar-refractivity contribution is 0.118. The van der Waals surface area contributed by atoms with Crippen molar-refractivity contribution in [2.75, 3.05) is 6.61 Å². The van der Waals surface area contributed by atoms with Crippen molar-refractivity contribution in [1.29, 1.82) is 0 Å². The Morgan fingerprint density at radius 1 is 1.38 bits per heavy atom. The maximum absolute atomic E-state index is 6.27. The summed E-state index contributed by atoms with van der Waals surface area (Å²) in [6.07, 6.45) is 2.53. The lowest BCUT2D eigenvalue weighted by Gasteiger charge is -2.18. The van der Waals surface area contributed by atoms with E-state index in [0.29, 0.717) is 12.0 Å². The first kappa shape index (κ1) is 11.6. The molecular weight excluding hydrogens is 198 g/mol. The Morgan fingerprint density at radius 2 is 2.06 bits per heavy atom. The molecule has 2 heteroatoms. The first-order chi connectivity index (χ1) is 7.70. The van der Waals surface area contributed by atoms with Gasteiger partial charge in [0.25, 0.3) is 0 Å². The van der Waals surface area contributed by atoms with Gasteiger partial charge >= 0.3 is 0 Å². The van der Waals surface area contributed by atoms with Gasteiger partial charge in [-0.15, -0.1) is 0 Å². The van der Waals surface area contributed by atoms with Crippen LogP contribution in [0.15, 0.2) is 24.3 Å². The van der Waals surface area contributed by atoms with E-state index >= 15 is 0 Å². The molecule has 1 aliphatic heterocycles. The van der Waals surface area contributed by atoms with Crippen molar-refractivity contribution in [2.24, 2.45) is 11.7 Å². The first-order valence-corrected chi connectivity index (χ1v) is 6.16. The molecule has 0 aromatic heterocycles. The average molecular weight is 219 g/mol. The number of benzene rings is 1. The summed E-state index contributed by atoms with van der Waals surface area (Å²) < 4.78 is 5.57. The standard InChI is InChI=1S/C14H21NO/c1-3-11-4-6-12(7-5-11)14(15)13-8-10(2)16-9-13/h4-7,10,13-14H,3,8-9,15H2,1-2H3. The summed E-state index contributed by atoms with van der Waals surface area (Å²) in [6.45, 7) is 5.09. The van der Waals surface area contributed by atoms with Crippen LogP contribution >= 0.6 is 0 Å². The molecule has 0 amide bonds. The molecule has 0 aliphatic carbocycles. The SMILES string of the molecule is CCc1ccc(C(N)C2COC(C)C2)cc1. The number of hydrogen-bond acceptors (Lipinski definition) is 2. The Balaban J connectivity index is 2.05. The van der Waals surface area contributed by atoms with E-state index in [1.54, 1.807) is 0 Å². The fourth-order valence-corrected chi connectivity index (χ4v) is 2.35. The van der Waals surface area contributed by atoms with Crippen LogP contribution < -0.4 is 5.73 Å². The van der Waals surface area contributed by atoms with E-state index in [2.05, 4.69) is 38.1 Å². The molecule has 1 heterocycles. The zero-order valence-corrected chi connectivity index (χ0v) is 10.1. The molecule has 2 N–H and O–H groups in total. The van der Waals surface area contributed by atoms with E-state index in [1.165, 1.54) is 11.1 Å². The lowest BCUT2D eigenvalue weighted by atomic mass is 9.91. The Morgan fingerprint density at radius 3 is 2.56 bits per heavy atom. The highest BCUT2D eigenvalue weighted by molar-refractivity contribution is 5.25. The second kappa shape index (κ2) is 4.98. The predicted molar refractivity (Wildman–Crippen MR) is 66.3 cm³/mol. The highest BCUT2D eigenvalue weighted by Gasteiger charge is 2.28. The molecule has 1 saturated heterocycles. The van der Waals surface area contributed by atoms with E-state index in [1.807, 2.05) is 0 Å². The molecular formula is C14H21NO. The van der Waals surface area contributed by atoms with Crippen molar-refractivity contribution in [3.05, 3.63) is 35.4 Å². The third kappa shape index (κ3) is 2.45. The second-order valence-corrected chi connectivity index (χ2v) is 4.76. The van der Waals surface area contributed by atoms with Gasteiger partial charge in [-0.2, -0.15) is 0 Å².